The van der Waals surface area contributed by atoms with Crippen molar-refractivity contribution in [3.8, 4) is 0 Å². The fraction of sp³-hybridized carbons (Fsp3) is 0.818. The molecule has 17 heavy (non-hydrogen) atoms. The highest BCUT2D eigenvalue weighted by Crippen LogP contribution is 2.14. The highest BCUT2D eigenvalue weighted by Gasteiger charge is 2.31. The number of nitrogens with two attached hydrogens (primary N) is 1. The molecule has 1 unspecified atom stereocenters. The molecule has 6 nitrogen and oxygen atoms in total. The number of likely N-dealkylation sites (N-methyl/N-ethyl adjacent to an activating group) is 1. The van der Waals surface area contributed by atoms with Gasteiger partial charge in [-0.15, -0.1) is 0 Å². The molecule has 2 fully saturated rings. The van der Waals surface area contributed by atoms with Crippen molar-refractivity contribution in [1.82, 2.24) is 15.1 Å². The number of hydrogen-bond acceptors (Lipinski definition) is 3. The van der Waals surface area contributed by atoms with Crippen molar-refractivity contribution < 1.29 is 9.59 Å². The maximum absolute atomic E-state index is 11.7. The molecule has 2 aliphatic heterocycles. The predicted molar refractivity (Wildman–Crippen MR) is 63.4 cm³/mol. The Morgan fingerprint density at radius 2 is 1.94 bits per heavy atom. The van der Waals surface area contributed by atoms with Crippen molar-refractivity contribution in [2.75, 3.05) is 26.7 Å². The molecule has 3 N–H and O–H groups in total. The first-order valence-corrected chi connectivity index (χ1v) is 6.13. The zero-order valence-electron chi connectivity index (χ0n) is 10.2. The second-order valence-electron chi connectivity index (χ2n) is 4.87. The number of urea groups is 1. The minimum absolute atomic E-state index is 0.0369. The third-order valence-electron chi connectivity index (χ3n) is 3.67. The van der Waals surface area contributed by atoms with Crippen LogP contribution in [0.2, 0.25) is 0 Å². The zero-order valence-corrected chi connectivity index (χ0v) is 10.2. The third kappa shape index (κ3) is 2.69. The second-order valence-corrected chi connectivity index (χ2v) is 4.87. The topological polar surface area (TPSA) is 78.7 Å². The summed E-state index contributed by atoms with van der Waals surface area (Å²) in [5.74, 6) is 0.183. The van der Waals surface area contributed by atoms with E-state index >= 15 is 0 Å². The highest BCUT2D eigenvalue weighted by molar-refractivity contribution is 5.83. The summed E-state index contributed by atoms with van der Waals surface area (Å²) < 4.78 is 0. The molecule has 0 saturated carbocycles. The van der Waals surface area contributed by atoms with Gasteiger partial charge in [-0.25, -0.2) is 4.79 Å². The van der Waals surface area contributed by atoms with E-state index in [0.29, 0.717) is 19.1 Å². The van der Waals surface area contributed by atoms with Gasteiger partial charge in [0.15, 0.2) is 0 Å². The van der Waals surface area contributed by atoms with E-state index in [0.717, 1.165) is 25.8 Å². The van der Waals surface area contributed by atoms with Crippen LogP contribution < -0.4 is 11.1 Å². The number of likely N-dealkylation sites (tertiary alicyclic amines) is 2. The van der Waals surface area contributed by atoms with Crippen molar-refractivity contribution in [2.45, 2.75) is 31.3 Å². The Kier molecular flexibility index (Phi) is 3.51. The third-order valence-corrected chi connectivity index (χ3v) is 3.67. The number of hydrogen-bond donors (Lipinski definition) is 2. The smallest absolute Gasteiger partial charge is 0.314 e. The van der Waals surface area contributed by atoms with Crippen LogP contribution in [0.25, 0.3) is 0 Å². The standard InChI is InChI=1S/C11H20N4O2/c1-14-5-4-9(10(14)16)13-8-2-6-15(7-3-8)11(12)17/h8-9,13H,2-7H2,1H3,(H2,12,17). The molecule has 3 amide bonds. The fourth-order valence-corrected chi connectivity index (χ4v) is 2.53. The molecule has 0 bridgehead atoms. The van der Waals surface area contributed by atoms with E-state index in [9.17, 15) is 9.59 Å². The van der Waals surface area contributed by atoms with E-state index < -0.39 is 0 Å². The first-order chi connectivity index (χ1) is 8.08. The minimum Gasteiger partial charge on any atom is -0.351 e. The maximum atomic E-state index is 11.7. The van der Waals surface area contributed by atoms with Gasteiger partial charge in [0.25, 0.3) is 0 Å². The molecule has 96 valence electrons. The summed E-state index contributed by atoms with van der Waals surface area (Å²) in [5, 5.41) is 3.39. The Morgan fingerprint density at radius 1 is 1.29 bits per heavy atom. The van der Waals surface area contributed by atoms with Crippen molar-refractivity contribution >= 4 is 11.9 Å². The van der Waals surface area contributed by atoms with Gasteiger partial charge in [-0.2, -0.15) is 0 Å². The molecular weight excluding hydrogens is 220 g/mol. The summed E-state index contributed by atoms with van der Waals surface area (Å²) >= 11 is 0. The Labute approximate surface area is 101 Å². The molecular formula is C11H20N4O2. The quantitative estimate of drug-likeness (QED) is 0.673. The van der Waals surface area contributed by atoms with Gasteiger partial charge in [-0.3, -0.25) is 4.79 Å². The van der Waals surface area contributed by atoms with E-state index in [1.165, 1.54) is 0 Å². The van der Waals surface area contributed by atoms with Crippen LogP contribution in [0.5, 0.6) is 0 Å². The predicted octanol–water partition coefficient (Wildman–Crippen LogP) is -0.650. The van der Waals surface area contributed by atoms with Crippen molar-refractivity contribution in [3.05, 3.63) is 0 Å². The van der Waals surface area contributed by atoms with Crippen LogP contribution in [0.1, 0.15) is 19.3 Å². The SMILES string of the molecule is CN1CCC(NC2CCN(C(N)=O)CC2)C1=O. The minimum atomic E-state index is -0.347. The Hall–Kier alpha value is -1.30. The van der Waals surface area contributed by atoms with Gasteiger partial charge in [0.05, 0.1) is 6.04 Å². The van der Waals surface area contributed by atoms with Crippen LogP contribution in [0.15, 0.2) is 0 Å². The molecule has 2 heterocycles. The molecule has 2 rings (SSSR count). The summed E-state index contributed by atoms with van der Waals surface area (Å²) in [6, 6.07) is -0.0590. The summed E-state index contributed by atoms with van der Waals surface area (Å²) in [6.45, 7) is 2.20. The van der Waals surface area contributed by atoms with Crippen molar-refractivity contribution in [3.63, 3.8) is 0 Å². The summed E-state index contributed by atoms with van der Waals surface area (Å²) in [6.07, 6.45) is 2.62. The lowest BCUT2D eigenvalue weighted by Crippen LogP contribution is -2.50. The van der Waals surface area contributed by atoms with Crippen LogP contribution in [0.3, 0.4) is 0 Å². The fourth-order valence-electron chi connectivity index (χ4n) is 2.53. The molecule has 2 saturated heterocycles. The number of rotatable bonds is 2. The van der Waals surface area contributed by atoms with Gasteiger partial charge in [0.1, 0.15) is 0 Å². The summed E-state index contributed by atoms with van der Waals surface area (Å²) in [7, 11) is 1.83. The van der Waals surface area contributed by atoms with Crippen molar-refractivity contribution in [2.24, 2.45) is 5.73 Å². The molecule has 0 aromatic heterocycles. The van der Waals surface area contributed by atoms with Gasteiger partial charge in [-0.05, 0) is 19.3 Å². The van der Waals surface area contributed by atoms with Crippen LogP contribution in [0.4, 0.5) is 4.79 Å². The van der Waals surface area contributed by atoms with E-state index in [1.807, 2.05) is 7.05 Å². The average Bonchev–Trinajstić information content (AvgIpc) is 2.62. The van der Waals surface area contributed by atoms with Crippen LogP contribution in [-0.4, -0.2) is 60.5 Å². The normalized spacial score (nSPS) is 26.6. The first-order valence-electron chi connectivity index (χ1n) is 6.13. The van der Waals surface area contributed by atoms with Gasteiger partial charge in [0.2, 0.25) is 5.91 Å². The number of amides is 3. The second kappa shape index (κ2) is 4.91. The van der Waals surface area contributed by atoms with Crippen LogP contribution >= 0.6 is 0 Å². The Bertz CT molecular complexity index is 313. The van der Waals surface area contributed by atoms with E-state index in [-0.39, 0.29) is 18.0 Å². The highest BCUT2D eigenvalue weighted by atomic mass is 16.2. The molecule has 0 radical (unpaired) electrons. The zero-order chi connectivity index (χ0) is 12.4. The largest absolute Gasteiger partial charge is 0.351 e. The number of carbonyl (C=O) groups is 2. The van der Waals surface area contributed by atoms with Crippen molar-refractivity contribution in [1.29, 1.82) is 0 Å². The Morgan fingerprint density at radius 3 is 2.41 bits per heavy atom. The lowest BCUT2D eigenvalue weighted by atomic mass is 10.0. The molecule has 0 aromatic rings. The number of primary amides is 1. The molecule has 0 spiro atoms. The van der Waals surface area contributed by atoms with Gasteiger partial charge in [-0.1, -0.05) is 0 Å². The number of carbonyl (C=O) groups excluding carboxylic acids is 2. The van der Waals surface area contributed by atoms with E-state index in [1.54, 1.807) is 9.80 Å². The lowest BCUT2D eigenvalue weighted by Gasteiger charge is -2.32. The van der Waals surface area contributed by atoms with Crippen LogP contribution in [-0.2, 0) is 4.79 Å². The van der Waals surface area contributed by atoms with E-state index in [4.69, 9.17) is 5.73 Å². The molecule has 1 atom stereocenters. The Balaban J connectivity index is 1.79. The molecule has 2 aliphatic rings. The molecule has 0 aliphatic carbocycles. The molecule has 6 heteroatoms. The van der Waals surface area contributed by atoms with Gasteiger partial charge in [0, 0.05) is 32.7 Å². The maximum Gasteiger partial charge on any atom is 0.314 e. The summed E-state index contributed by atoms with van der Waals surface area (Å²) in [5.41, 5.74) is 5.22. The lowest BCUT2D eigenvalue weighted by molar-refractivity contribution is -0.128. The van der Waals surface area contributed by atoms with Gasteiger partial charge < -0.3 is 20.9 Å². The van der Waals surface area contributed by atoms with Gasteiger partial charge >= 0.3 is 6.03 Å². The monoisotopic (exact) mass is 240 g/mol. The van der Waals surface area contributed by atoms with E-state index in [2.05, 4.69) is 5.32 Å². The average molecular weight is 240 g/mol. The number of piperidine rings is 1. The first kappa shape index (κ1) is 12.2. The summed E-state index contributed by atoms with van der Waals surface area (Å²) in [4.78, 5) is 26.1. The molecule has 0 aromatic carbocycles. The number of nitrogens with one attached hydrogen (secondary N) is 1. The number of nitrogens with zero attached hydrogens (tertiary/aromatic N) is 2. The van der Waals surface area contributed by atoms with Crippen LogP contribution in [0, 0.1) is 0 Å².